The van der Waals surface area contributed by atoms with Crippen molar-refractivity contribution in [3.8, 4) is 5.75 Å². The predicted molar refractivity (Wildman–Crippen MR) is 80.9 cm³/mol. The van der Waals surface area contributed by atoms with E-state index in [1.165, 1.54) is 0 Å². The number of aliphatic hydroxyl groups excluding tert-OH is 1. The largest absolute Gasteiger partial charge is 0.487 e. The summed E-state index contributed by atoms with van der Waals surface area (Å²) in [6.45, 7) is 3.93. The van der Waals surface area contributed by atoms with Crippen molar-refractivity contribution < 1.29 is 14.8 Å². The summed E-state index contributed by atoms with van der Waals surface area (Å²) in [5.74, 6) is 0.711. The molecule has 1 unspecified atom stereocenters. The van der Waals surface area contributed by atoms with E-state index < -0.39 is 0 Å². The minimum absolute atomic E-state index is 0.0454. The second-order valence-electron chi connectivity index (χ2n) is 5.28. The summed E-state index contributed by atoms with van der Waals surface area (Å²) in [5.41, 5.74) is 0.664. The first-order valence-electron chi connectivity index (χ1n) is 7.43. The van der Waals surface area contributed by atoms with Crippen LogP contribution in [0.4, 0.5) is 11.4 Å². The summed E-state index contributed by atoms with van der Waals surface area (Å²) in [4.78, 5) is 13.1. The van der Waals surface area contributed by atoms with E-state index in [1.807, 2.05) is 11.8 Å². The summed E-state index contributed by atoms with van der Waals surface area (Å²) in [6.07, 6.45) is 2.80. The molecule has 0 aliphatic carbocycles. The van der Waals surface area contributed by atoms with Crippen LogP contribution in [0.3, 0.4) is 0 Å². The highest BCUT2D eigenvalue weighted by molar-refractivity contribution is 5.70. The lowest BCUT2D eigenvalue weighted by Crippen LogP contribution is -2.36. The van der Waals surface area contributed by atoms with Gasteiger partial charge < -0.3 is 14.7 Å². The van der Waals surface area contributed by atoms with Crippen molar-refractivity contribution in [2.24, 2.45) is 5.92 Å². The number of benzene rings is 1. The highest BCUT2D eigenvalue weighted by Crippen LogP contribution is 2.39. The standard InChI is InChI=1S/C15H22N2O4/c1-2-21-14-7-3-6-13(15(14)17(19)20)16-9-4-5-12(11-16)8-10-18/h3,6-7,12,18H,2,4-5,8-11H2,1H3. The van der Waals surface area contributed by atoms with Gasteiger partial charge in [0.25, 0.3) is 0 Å². The molecule has 21 heavy (non-hydrogen) atoms. The van der Waals surface area contributed by atoms with E-state index in [-0.39, 0.29) is 17.2 Å². The van der Waals surface area contributed by atoms with Crippen molar-refractivity contribution in [3.05, 3.63) is 28.3 Å². The van der Waals surface area contributed by atoms with Crippen LogP contribution in [0.5, 0.6) is 5.75 Å². The van der Waals surface area contributed by atoms with Crippen molar-refractivity contribution in [3.63, 3.8) is 0 Å². The number of hydrogen-bond donors (Lipinski definition) is 1. The second-order valence-corrected chi connectivity index (χ2v) is 5.28. The number of nitrogens with zero attached hydrogens (tertiary/aromatic N) is 2. The molecule has 1 fully saturated rings. The third-order valence-electron chi connectivity index (χ3n) is 3.86. The molecule has 2 rings (SSSR count). The molecule has 0 saturated carbocycles. The molecule has 1 heterocycles. The van der Waals surface area contributed by atoms with Gasteiger partial charge in [0, 0.05) is 19.7 Å². The van der Waals surface area contributed by atoms with E-state index in [4.69, 9.17) is 9.84 Å². The molecule has 1 aromatic rings. The maximum absolute atomic E-state index is 11.4. The number of anilines is 1. The summed E-state index contributed by atoms with van der Waals surface area (Å²) < 4.78 is 5.40. The van der Waals surface area contributed by atoms with Crippen LogP contribution < -0.4 is 9.64 Å². The second kappa shape index (κ2) is 7.26. The SMILES string of the molecule is CCOc1cccc(N2CCCC(CCO)C2)c1[N+](=O)[O-]. The molecule has 1 saturated heterocycles. The molecule has 1 N–H and O–H groups in total. The maximum atomic E-state index is 11.4. The summed E-state index contributed by atoms with van der Waals surface area (Å²) in [5, 5.41) is 20.5. The van der Waals surface area contributed by atoms with Crippen LogP contribution >= 0.6 is 0 Å². The smallest absolute Gasteiger partial charge is 0.333 e. The molecule has 1 aliphatic heterocycles. The summed E-state index contributed by atoms with van der Waals surface area (Å²) in [6, 6.07) is 5.21. The van der Waals surface area contributed by atoms with E-state index in [2.05, 4.69) is 0 Å². The quantitative estimate of drug-likeness (QED) is 0.644. The van der Waals surface area contributed by atoms with E-state index >= 15 is 0 Å². The first kappa shape index (κ1) is 15.6. The Hall–Kier alpha value is -1.82. The molecule has 1 aromatic carbocycles. The first-order chi connectivity index (χ1) is 10.2. The van der Waals surface area contributed by atoms with Gasteiger partial charge in [-0.05, 0) is 44.2 Å². The molecule has 0 amide bonds. The van der Waals surface area contributed by atoms with Gasteiger partial charge in [-0.15, -0.1) is 0 Å². The van der Waals surface area contributed by atoms with Crippen LogP contribution in [0.15, 0.2) is 18.2 Å². The fraction of sp³-hybridized carbons (Fsp3) is 0.600. The predicted octanol–water partition coefficient (Wildman–Crippen LogP) is 2.59. The number of rotatable bonds is 6. The van der Waals surface area contributed by atoms with Crippen LogP contribution in [0, 0.1) is 16.0 Å². The average Bonchev–Trinajstić information content (AvgIpc) is 2.48. The summed E-state index contributed by atoms with van der Waals surface area (Å²) >= 11 is 0. The average molecular weight is 294 g/mol. The highest BCUT2D eigenvalue weighted by atomic mass is 16.6. The van der Waals surface area contributed by atoms with Crippen molar-refractivity contribution in [2.45, 2.75) is 26.2 Å². The van der Waals surface area contributed by atoms with Crippen molar-refractivity contribution in [1.82, 2.24) is 0 Å². The Morgan fingerprint density at radius 3 is 3.00 bits per heavy atom. The Labute approximate surface area is 124 Å². The summed E-state index contributed by atoms with van der Waals surface area (Å²) in [7, 11) is 0. The number of hydrogen-bond acceptors (Lipinski definition) is 5. The minimum Gasteiger partial charge on any atom is -0.487 e. The Morgan fingerprint density at radius 1 is 1.52 bits per heavy atom. The van der Waals surface area contributed by atoms with Gasteiger partial charge in [0.2, 0.25) is 0 Å². The van der Waals surface area contributed by atoms with E-state index in [9.17, 15) is 10.1 Å². The third kappa shape index (κ3) is 3.64. The van der Waals surface area contributed by atoms with Crippen LogP contribution in [-0.2, 0) is 0 Å². The number of nitro benzene ring substituents is 1. The van der Waals surface area contributed by atoms with E-state index in [0.717, 1.165) is 32.4 Å². The van der Waals surface area contributed by atoms with E-state index in [0.29, 0.717) is 24.0 Å². The minimum atomic E-state index is -0.365. The van der Waals surface area contributed by atoms with Gasteiger partial charge in [-0.2, -0.15) is 0 Å². The fourth-order valence-corrected chi connectivity index (χ4v) is 2.92. The van der Waals surface area contributed by atoms with Gasteiger partial charge in [-0.1, -0.05) is 6.07 Å². The van der Waals surface area contributed by atoms with Gasteiger partial charge in [-0.25, -0.2) is 0 Å². The molecule has 6 nitrogen and oxygen atoms in total. The zero-order valence-electron chi connectivity index (χ0n) is 12.3. The lowest BCUT2D eigenvalue weighted by molar-refractivity contribution is -0.385. The Morgan fingerprint density at radius 2 is 2.33 bits per heavy atom. The molecule has 0 spiro atoms. The molecule has 0 bridgehead atoms. The number of ether oxygens (including phenoxy) is 1. The number of piperidine rings is 1. The van der Waals surface area contributed by atoms with Crippen molar-refractivity contribution >= 4 is 11.4 Å². The van der Waals surface area contributed by atoms with Crippen molar-refractivity contribution in [1.29, 1.82) is 0 Å². The zero-order valence-corrected chi connectivity index (χ0v) is 12.3. The van der Waals surface area contributed by atoms with Crippen LogP contribution in [0.2, 0.25) is 0 Å². The number of nitro groups is 1. The monoisotopic (exact) mass is 294 g/mol. The molecule has 116 valence electrons. The fourth-order valence-electron chi connectivity index (χ4n) is 2.92. The molecule has 1 aliphatic rings. The lowest BCUT2D eigenvalue weighted by Gasteiger charge is -2.34. The normalized spacial score (nSPS) is 18.6. The molecule has 6 heteroatoms. The van der Waals surface area contributed by atoms with Crippen molar-refractivity contribution in [2.75, 3.05) is 31.2 Å². The van der Waals surface area contributed by atoms with Gasteiger partial charge in [0.05, 0.1) is 11.5 Å². The maximum Gasteiger partial charge on any atom is 0.333 e. The number of para-hydroxylation sites is 1. The third-order valence-corrected chi connectivity index (χ3v) is 3.86. The zero-order chi connectivity index (χ0) is 15.2. The van der Waals surface area contributed by atoms with E-state index in [1.54, 1.807) is 18.2 Å². The van der Waals surface area contributed by atoms with Crippen LogP contribution in [0.25, 0.3) is 0 Å². The Bertz CT molecular complexity index is 491. The Balaban J connectivity index is 2.29. The molecular formula is C15H22N2O4. The molecule has 1 atom stereocenters. The molecule has 0 aromatic heterocycles. The van der Waals surface area contributed by atoms with Crippen LogP contribution in [-0.4, -0.2) is 36.3 Å². The molecule has 0 radical (unpaired) electrons. The topological polar surface area (TPSA) is 75.8 Å². The van der Waals surface area contributed by atoms with Gasteiger partial charge in [0.1, 0.15) is 5.69 Å². The number of aliphatic hydroxyl groups is 1. The van der Waals surface area contributed by atoms with Gasteiger partial charge >= 0.3 is 5.69 Å². The van der Waals surface area contributed by atoms with Gasteiger partial charge in [-0.3, -0.25) is 10.1 Å². The van der Waals surface area contributed by atoms with Crippen LogP contribution in [0.1, 0.15) is 26.2 Å². The van der Waals surface area contributed by atoms with Gasteiger partial charge in [0.15, 0.2) is 5.75 Å². The first-order valence-corrected chi connectivity index (χ1v) is 7.43. The lowest BCUT2D eigenvalue weighted by atomic mass is 9.94. The highest BCUT2D eigenvalue weighted by Gasteiger charge is 2.28. The molecular weight excluding hydrogens is 272 g/mol. The Kier molecular flexibility index (Phi) is 5.38.